The zero-order chi connectivity index (χ0) is 12.5. The van der Waals surface area contributed by atoms with Gasteiger partial charge in [0.2, 0.25) is 0 Å². The maximum atomic E-state index is 5.99. The van der Waals surface area contributed by atoms with Crippen molar-refractivity contribution < 1.29 is 0 Å². The number of rotatable bonds is 2. The Hall–Kier alpha value is -0.860. The molecule has 0 aromatic heterocycles. The fraction of sp³-hybridized carbons (Fsp3) is 0.625. The van der Waals surface area contributed by atoms with Crippen molar-refractivity contribution in [2.24, 2.45) is 17.6 Å². The molecular weight excluding hydrogens is 220 g/mol. The van der Waals surface area contributed by atoms with E-state index in [1.54, 1.807) is 0 Å². The Bertz CT molecular complexity index is 390. The van der Waals surface area contributed by atoms with Gasteiger partial charge in [0.05, 0.1) is 0 Å². The van der Waals surface area contributed by atoms with Gasteiger partial charge in [-0.25, -0.2) is 0 Å². The van der Waals surface area contributed by atoms with Crippen LogP contribution in [-0.4, -0.2) is 17.5 Å². The molecule has 18 heavy (non-hydrogen) atoms. The lowest BCUT2D eigenvalue weighted by atomic mass is 9.78. The minimum atomic E-state index is 0.700. The fourth-order valence-corrected chi connectivity index (χ4v) is 3.73. The van der Waals surface area contributed by atoms with E-state index in [-0.39, 0.29) is 0 Å². The van der Waals surface area contributed by atoms with Gasteiger partial charge in [-0.05, 0) is 42.3 Å². The van der Waals surface area contributed by atoms with Gasteiger partial charge in [0.15, 0.2) is 0 Å². The number of hydrogen-bond acceptors (Lipinski definition) is 2. The highest BCUT2D eigenvalue weighted by molar-refractivity contribution is 5.30. The zero-order valence-corrected chi connectivity index (χ0v) is 11.3. The molecule has 2 N–H and O–H groups in total. The minimum absolute atomic E-state index is 0.700. The molecule has 1 saturated carbocycles. The molecule has 98 valence electrons. The largest absolute Gasteiger partial charge is 0.330 e. The van der Waals surface area contributed by atoms with Crippen LogP contribution in [0.3, 0.4) is 0 Å². The lowest BCUT2D eigenvalue weighted by Gasteiger charge is -2.40. The van der Waals surface area contributed by atoms with Crippen LogP contribution in [0.1, 0.15) is 37.3 Å². The number of nitrogens with zero attached hydrogens (tertiary/aromatic N) is 1. The fourth-order valence-electron chi connectivity index (χ4n) is 3.73. The van der Waals surface area contributed by atoms with Crippen molar-refractivity contribution in [1.29, 1.82) is 0 Å². The Labute approximate surface area is 110 Å². The van der Waals surface area contributed by atoms with Crippen molar-refractivity contribution in [2.45, 2.75) is 45.3 Å². The molecular formula is C16H24N2. The summed E-state index contributed by atoms with van der Waals surface area (Å²) >= 11 is 0. The molecule has 1 heterocycles. The molecule has 3 atom stereocenters. The average Bonchev–Trinajstić information content (AvgIpc) is 2.82. The van der Waals surface area contributed by atoms with Gasteiger partial charge in [0.1, 0.15) is 0 Å². The molecule has 2 heteroatoms. The van der Waals surface area contributed by atoms with Crippen molar-refractivity contribution in [1.82, 2.24) is 4.90 Å². The third-order valence-corrected chi connectivity index (χ3v) is 4.86. The molecule has 0 bridgehead atoms. The first-order valence-electron chi connectivity index (χ1n) is 7.29. The van der Waals surface area contributed by atoms with Crippen LogP contribution < -0.4 is 5.73 Å². The van der Waals surface area contributed by atoms with Crippen LogP contribution in [0, 0.1) is 11.8 Å². The molecule has 0 amide bonds. The van der Waals surface area contributed by atoms with Gasteiger partial charge in [-0.15, -0.1) is 0 Å². The number of nitrogens with two attached hydrogens (primary N) is 1. The van der Waals surface area contributed by atoms with Gasteiger partial charge < -0.3 is 5.73 Å². The van der Waals surface area contributed by atoms with E-state index in [4.69, 9.17) is 5.73 Å². The maximum Gasteiger partial charge on any atom is 0.0243 e. The van der Waals surface area contributed by atoms with Gasteiger partial charge in [-0.3, -0.25) is 4.90 Å². The molecule has 2 aliphatic rings. The predicted octanol–water partition coefficient (Wildman–Crippen LogP) is 2.77. The lowest BCUT2D eigenvalue weighted by Crippen LogP contribution is -2.44. The molecule has 2 nitrogen and oxygen atoms in total. The molecule has 1 aliphatic heterocycles. The Morgan fingerprint density at radius 2 is 1.83 bits per heavy atom. The Morgan fingerprint density at radius 3 is 2.44 bits per heavy atom. The van der Waals surface area contributed by atoms with Crippen LogP contribution in [-0.2, 0) is 13.1 Å². The van der Waals surface area contributed by atoms with E-state index in [0.29, 0.717) is 12.0 Å². The molecule has 1 fully saturated rings. The van der Waals surface area contributed by atoms with Crippen LogP contribution in [0.5, 0.6) is 0 Å². The van der Waals surface area contributed by atoms with Crippen LogP contribution in [0.25, 0.3) is 0 Å². The number of fused-ring (bicyclic) bond motifs is 1. The van der Waals surface area contributed by atoms with Gasteiger partial charge in [-0.1, -0.05) is 37.6 Å². The highest BCUT2D eigenvalue weighted by Gasteiger charge is 2.34. The Kier molecular flexibility index (Phi) is 3.40. The molecule has 1 aromatic carbocycles. The maximum absolute atomic E-state index is 5.99. The zero-order valence-electron chi connectivity index (χ0n) is 11.3. The van der Waals surface area contributed by atoms with Crippen molar-refractivity contribution in [2.75, 3.05) is 6.54 Å². The topological polar surface area (TPSA) is 29.3 Å². The van der Waals surface area contributed by atoms with E-state index in [1.165, 1.54) is 30.4 Å². The second-order valence-electron chi connectivity index (χ2n) is 6.16. The summed E-state index contributed by atoms with van der Waals surface area (Å²) in [6.07, 6.45) is 4.00. The summed E-state index contributed by atoms with van der Waals surface area (Å²) in [5.74, 6) is 1.57. The summed E-state index contributed by atoms with van der Waals surface area (Å²) in [4.78, 5) is 2.66. The summed E-state index contributed by atoms with van der Waals surface area (Å²) in [5.41, 5.74) is 9.02. The summed E-state index contributed by atoms with van der Waals surface area (Å²) in [6, 6.07) is 9.57. The molecule has 0 radical (unpaired) electrons. The Morgan fingerprint density at radius 1 is 1.17 bits per heavy atom. The lowest BCUT2D eigenvalue weighted by molar-refractivity contribution is 0.0839. The molecule has 0 spiro atoms. The highest BCUT2D eigenvalue weighted by atomic mass is 15.2. The predicted molar refractivity (Wildman–Crippen MR) is 75.0 cm³/mol. The number of benzene rings is 1. The van der Waals surface area contributed by atoms with Crippen LogP contribution >= 0.6 is 0 Å². The first-order valence-corrected chi connectivity index (χ1v) is 7.29. The van der Waals surface area contributed by atoms with Crippen molar-refractivity contribution in [3.63, 3.8) is 0 Å². The van der Waals surface area contributed by atoms with Crippen molar-refractivity contribution in [3.8, 4) is 0 Å². The normalized spacial score (nSPS) is 32.4. The van der Waals surface area contributed by atoms with Gasteiger partial charge in [0.25, 0.3) is 0 Å². The summed E-state index contributed by atoms with van der Waals surface area (Å²) < 4.78 is 0. The van der Waals surface area contributed by atoms with Crippen molar-refractivity contribution >= 4 is 0 Å². The van der Waals surface area contributed by atoms with E-state index in [2.05, 4.69) is 36.1 Å². The van der Waals surface area contributed by atoms with E-state index in [1.807, 2.05) is 0 Å². The standard InChI is InChI=1S/C16H24N2/c1-12-6-7-13(9-17)16(8-12)18-10-14-4-2-3-5-15(14)11-18/h2-5,12-13,16H,6-11,17H2,1H3. The van der Waals surface area contributed by atoms with Crippen LogP contribution in [0.2, 0.25) is 0 Å². The first kappa shape index (κ1) is 12.2. The summed E-state index contributed by atoms with van der Waals surface area (Å²) in [6.45, 7) is 5.50. The number of hydrogen-bond donors (Lipinski definition) is 1. The second kappa shape index (κ2) is 5.02. The third-order valence-electron chi connectivity index (χ3n) is 4.86. The average molecular weight is 244 g/mol. The van der Waals surface area contributed by atoms with Gasteiger partial charge in [-0.2, -0.15) is 0 Å². The van der Waals surface area contributed by atoms with E-state index < -0.39 is 0 Å². The molecule has 3 rings (SSSR count). The second-order valence-corrected chi connectivity index (χ2v) is 6.16. The summed E-state index contributed by atoms with van der Waals surface area (Å²) in [7, 11) is 0. The van der Waals surface area contributed by atoms with E-state index in [9.17, 15) is 0 Å². The third kappa shape index (κ3) is 2.19. The smallest absolute Gasteiger partial charge is 0.0243 e. The minimum Gasteiger partial charge on any atom is -0.330 e. The highest BCUT2D eigenvalue weighted by Crippen LogP contribution is 2.35. The molecule has 1 aliphatic carbocycles. The summed E-state index contributed by atoms with van der Waals surface area (Å²) in [5, 5.41) is 0. The van der Waals surface area contributed by atoms with E-state index >= 15 is 0 Å². The quantitative estimate of drug-likeness (QED) is 0.867. The molecule has 3 unspecified atom stereocenters. The monoisotopic (exact) mass is 244 g/mol. The van der Waals surface area contributed by atoms with Crippen LogP contribution in [0.4, 0.5) is 0 Å². The van der Waals surface area contributed by atoms with Crippen molar-refractivity contribution in [3.05, 3.63) is 35.4 Å². The van der Waals surface area contributed by atoms with E-state index in [0.717, 1.165) is 25.6 Å². The molecule has 0 saturated heterocycles. The SMILES string of the molecule is CC1CCC(CN)C(N2Cc3ccccc3C2)C1. The van der Waals surface area contributed by atoms with Gasteiger partial charge in [0, 0.05) is 19.1 Å². The van der Waals surface area contributed by atoms with Crippen LogP contribution in [0.15, 0.2) is 24.3 Å². The molecule has 1 aromatic rings. The first-order chi connectivity index (χ1) is 8.78. The van der Waals surface area contributed by atoms with Gasteiger partial charge >= 0.3 is 0 Å². The Balaban J connectivity index is 1.75.